The van der Waals surface area contributed by atoms with E-state index in [1.54, 1.807) is 30.5 Å². The van der Waals surface area contributed by atoms with Crippen LogP contribution in [-0.4, -0.2) is 66.9 Å². The number of benzene rings is 1. The summed E-state index contributed by atoms with van der Waals surface area (Å²) in [4.78, 5) is 44.2. The van der Waals surface area contributed by atoms with Gasteiger partial charge in [-0.3, -0.25) is 19.5 Å². The van der Waals surface area contributed by atoms with Crippen molar-refractivity contribution in [2.45, 2.75) is 12.5 Å². The van der Waals surface area contributed by atoms with Gasteiger partial charge in [-0.25, -0.2) is 9.48 Å². The molecule has 0 aliphatic carbocycles. The average Bonchev–Trinajstić information content (AvgIpc) is 3.20. The molecule has 1 atom stereocenters. The zero-order chi connectivity index (χ0) is 22.8. The van der Waals surface area contributed by atoms with Crippen LogP contribution in [0, 0.1) is 0 Å². The summed E-state index contributed by atoms with van der Waals surface area (Å²) in [6, 6.07) is 6.94. The fourth-order valence-electron chi connectivity index (χ4n) is 3.48. The molecule has 32 heavy (non-hydrogen) atoms. The quantitative estimate of drug-likeness (QED) is 0.578. The van der Waals surface area contributed by atoms with Crippen molar-refractivity contribution in [3.63, 3.8) is 0 Å². The molecule has 1 aliphatic rings. The fourth-order valence-corrected chi connectivity index (χ4v) is 3.77. The van der Waals surface area contributed by atoms with Crippen LogP contribution < -0.4 is 4.90 Å². The van der Waals surface area contributed by atoms with E-state index in [1.807, 2.05) is 0 Å². The molecular formula is C20H16Cl2N6O4. The van der Waals surface area contributed by atoms with E-state index < -0.39 is 30.4 Å². The summed E-state index contributed by atoms with van der Waals surface area (Å²) in [6.07, 6.45) is 4.57. The predicted octanol–water partition coefficient (Wildman–Crippen LogP) is 1.84. The number of nitrogens with zero attached hydrogens (tertiary/aromatic N) is 6. The molecule has 1 aliphatic heterocycles. The van der Waals surface area contributed by atoms with E-state index in [9.17, 15) is 19.5 Å². The Morgan fingerprint density at radius 1 is 1.12 bits per heavy atom. The van der Waals surface area contributed by atoms with E-state index in [4.69, 9.17) is 23.2 Å². The number of carboxylic acids is 1. The number of hydrogen-bond acceptors (Lipinski definition) is 6. The van der Waals surface area contributed by atoms with E-state index in [0.717, 1.165) is 4.90 Å². The van der Waals surface area contributed by atoms with Crippen LogP contribution in [0.1, 0.15) is 5.56 Å². The molecule has 2 amide bonds. The van der Waals surface area contributed by atoms with Crippen LogP contribution in [-0.2, 0) is 20.8 Å². The molecule has 0 saturated carbocycles. The lowest BCUT2D eigenvalue weighted by Gasteiger charge is -2.37. The Morgan fingerprint density at radius 2 is 1.94 bits per heavy atom. The van der Waals surface area contributed by atoms with Crippen LogP contribution in [0.5, 0.6) is 0 Å². The van der Waals surface area contributed by atoms with Crippen molar-refractivity contribution in [2.24, 2.45) is 0 Å². The van der Waals surface area contributed by atoms with Gasteiger partial charge in [0.15, 0.2) is 5.15 Å². The van der Waals surface area contributed by atoms with Crippen LogP contribution in [0.3, 0.4) is 0 Å². The van der Waals surface area contributed by atoms with Crippen molar-refractivity contribution < 1.29 is 19.5 Å². The molecule has 10 nitrogen and oxygen atoms in total. The van der Waals surface area contributed by atoms with Gasteiger partial charge in [0.1, 0.15) is 19.1 Å². The number of rotatable bonds is 6. The summed E-state index contributed by atoms with van der Waals surface area (Å²) in [7, 11) is 0. The normalized spacial score (nSPS) is 15.2. The van der Waals surface area contributed by atoms with Crippen LogP contribution in [0.25, 0.3) is 5.69 Å². The van der Waals surface area contributed by atoms with Crippen LogP contribution in [0.4, 0.5) is 5.69 Å². The standard InChI is InChI=1S/C20H16Cl2N6O4/c21-13-3-4-14(28-9-17(22)24-25-28)15(7-13)26-10-19(30)27(11-18(26)29)16(20(31)32)6-12-2-1-5-23-8-12/h1-5,7-9,16H,6,10-11H2,(H,31,32). The largest absolute Gasteiger partial charge is 0.480 e. The van der Waals surface area contributed by atoms with Gasteiger partial charge in [0.05, 0.1) is 17.6 Å². The number of carbonyl (C=O) groups is 3. The molecule has 1 N–H and O–H groups in total. The van der Waals surface area contributed by atoms with Gasteiger partial charge in [0.2, 0.25) is 11.8 Å². The van der Waals surface area contributed by atoms with Crippen molar-refractivity contribution in [3.8, 4) is 5.69 Å². The highest BCUT2D eigenvalue weighted by Crippen LogP contribution is 2.30. The molecule has 0 radical (unpaired) electrons. The Morgan fingerprint density at radius 3 is 2.59 bits per heavy atom. The molecule has 164 valence electrons. The van der Waals surface area contributed by atoms with Gasteiger partial charge in [-0.1, -0.05) is 34.5 Å². The number of pyridine rings is 1. The Hall–Kier alpha value is -3.50. The molecule has 1 saturated heterocycles. The SMILES string of the molecule is O=C(O)C(Cc1cccnc1)N1CC(=O)N(c2cc(Cl)ccc2-n2cc(Cl)nn2)CC1=O. The minimum absolute atomic E-state index is 0.0298. The average molecular weight is 475 g/mol. The summed E-state index contributed by atoms with van der Waals surface area (Å²) < 4.78 is 1.36. The lowest BCUT2D eigenvalue weighted by Crippen LogP contribution is -2.59. The first-order chi connectivity index (χ1) is 15.3. The number of carboxylic acid groups (broad SMARTS) is 1. The zero-order valence-electron chi connectivity index (χ0n) is 16.4. The number of aromatic nitrogens is 4. The number of anilines is 1. The molecule has 1 unspecified atom stereocenters. The smallest absolute Gasteiger partial charge is 0.326 e. The van der Waals surface area contributed by atoms with Crippen molar-refractivity contribution in [1.82, 2.24) is 24.9 Å². The van der Waals surface area contributed by atoms with Crippen LogP contribution in [0.2, 0.25) is 10.2 Å². The third kappa shape index (κ3) is 4.41. The van der Waals surface area contributed by atoms with E-state index in [2.05, 4.69) is 15.3 Å². The maximum absolute atomic E-state index is 13.0. The highest BCUT2D eigenvalue weighted by atomic mass is 35.5. The third-order valence-corrected chi connectivity index (χ3v) is 5.38. The molecule has 3 heterocycles. The van der Waals surface area contributed by atoms with E-state index >= 15 is 0 Å². The molecule has 0 spiro atoms. The first-order valence-corrected chi connectivity index (χ1v) is 10.2. The molecule has 4 rings (SSSR count). The van der Waals surface area contributed by atoms with E-state index in [0.29, 0.717) is 22.0 Å². The van der Waals surface area contributed by atoms with Crippen molar-refractivity contribution in [2.75, 3.05) is 18.0 Å². The third-order valence-electron chi connectivity index (χ3n) is 4.97. The summed E-state index contributed by atoms with van der Waals surface area (Å²) in [5.41, 5.74) is 1.41. The van der Waals surface area contributed by atoms with E-state index in [1.165, 1.54) is 28.0 Å². The number of halogens is 2. The minimum atomic E-state index is -1.20. The Kier molecular flexibility index (Phi) is 6.06. The fraction of sp³-hybridized carbons (Fsp3) is 0.200. The Bertz CT molecular complexity index is 1190. The highest BCUT2D eigenvalue weighted by Gasteiger charge is 2.38. The second-order valence-corrected chi connectivity index (χ2v) is 7.86. The monoisotopic (exact) mass is 474 g/mol. The van der Waals surface area contributed by atoms with Crippen LogP contribution in [0.15, 0.2) is 48.9 Å². The number of piperazine rings is 1. The second-order valence-electron chi connectivity index (χ2n) is 7.04. The molecule has 3 aromatic rings. The summed E-state index contributed by atoms with van der Waals surface area (Å²) in [6.45, 7) is -0.758. The molecule has 1 aromatic carbocycles. The molecule has 1 fully saturated rings. The number of hydrogen-bond donors (Lipinski definition) is 1. The van der Waals surface area contributed by atoms with Crippen molar-refractivity contribution >= 4 is 46.7 Å². The molecule has 12 heteroatoms. The van der Waals surface area contributed by atoms with Gasteiger partial charge in [-0.2, -0.15) is 0 Å². The molecular weight excluding hydrogens is 459 g/mol. The topological polar surface area (TPSA) is 122 Å². The number of amides is 2. The Labute approximate surface area is 192 Å². The zero-order valence-corrected chi connectivity index (χ0v) is 17.9. The molecule has 2 aromatic heterocycles. The van der Waals surface area contributed by atoms with Crippen molar-refractivity contribution in [1.29, 1.82) is 0 Å². The van der Waals surface area contributed by atoms with Gasteiger partial charge < -0.3 is 10.0 Å². The maximum atomic E-state index is 13.0. The van der Waals surface area contributed by atoms with Crippen LogP contribution >= 0.6 is 23.2 Å². The lowest BCUT2D eigenvalue weighted by molar-refractivity contribution is -0.152. The summed E-state index contributed by atoms with van der Waals surface area (Å²) in [5.74, 6) is -2.18. The first-order valence-electron chi connectivity index (χ1n) is 9.43. The van der Waals surface area contributed by atoms with Gasteiger partial charge in [-0.15, -0.1) is 5.10 Å². The number of carbonyl (C=O) groups excluding carboxylic acids is 2. The lowest BCUT2D eigenvalue weighted by atomic mass is 10.0. The van der Waals surface area contributed by atoms with E-state index in [-0.39, 0.29) is 18.1 Å². The summed E-state index contributed by atoms with van der Waals surface area (Å²) in [5, 5.41) is 17.8. The first kappa shape index (κ1) is 21.7. The minimum Gasteiger partial charge on any atom is -0.480 e. The van der Waals surface area contributed by atoms with Gasteiger partial charge in [-0.05, 0) is 29.8 Å². The van der Waals surface area contributed by atoms with Gasteiger partial charge in [0.25, 0.3) is 0 Å². The second kappa shape index (κ2) is 8.93. The highest BCUT2D eigenvalue weighted by molar-refractivity contribution is 6.31. The van der Waals surface area contributed by atoms with Gasteiger partial charge >= 0.3 is 5.97 Å². The predicted molar refractivity (Wildman–Crippen MR) is 115 cm³/mol. The Balaban J connectivity index is 1.62. The molecule has 0 bridgehead atoms. The summed E-state index contributed by atoms with van der Waals surface area (Å²) >= 11 is 12.0. The van der Waals surface area contributed by atoms with Gasteiger partial charge in [0, 0.05) is 23.8 Å². The van der Waals surface area contributed by atoms with Crippen molar-refractivity contribution in [3.05, 3.63) is 64.7 Å². The maximum Gasteiger partial charge on any atom is 0.326 e. The number of aliphatic carboxylic acids is 1.